The Bertz CT molecular complexity index is 2080. The molecule has 1 saturated carbocycles. The molecule has 6 nitrogen and oxygen atoms in total. The smallest absolute Gasteiger partial charge is 0.180 e. The minimum Gasteiger partial charge on any atom is -0.203 e. The Morgan fingerprint density at radius 2 is 0.688 bits per heavy atom. The third-order valence-corrected chi connectivity index (χ3v) is 7.46. The van der Waals surface area contributed by atoms with E-state index in [1.807, 2.05) is 0 Å². The van der Waals surface area contributed by atoms with Gasteiger partial charge < -0.3 is 0 Å². The highest BCUT2D eigenvalue weighted by molar-refractivity contribution is 5.85. The average molecular weight is 676 g/mol. The van der Waals surface area contributed by atoms with Gasteiger partial charge in [-0.2, -0.15) is 31.6 Å². The van der Waals surface area contributed by atoms with Crippen molar-refractivity contribution in [3.05, 3.63) is 109 Å². The van der Waals surface area contributed by atoms with Crippen molar-refractivity contribution in [1.82, 2.24) is 0 Å². The first kappa shape index (κ1) is 34.4. The maximum atomic E-state index is 15.1. The summed E-state index contributed by atoms with van der Waals surface area (Å²) in [4.78, 5) is 0. The maximum absolute atomic E-state index is 15.1. The van der Waals surface area contributed by atoms with Gasteiger partial charge in [0.05, 0.1) is 41.2 Å². The molecule has 0 heterocycles. The Labute approximate surface area is 259 Å². The van der Waals surface area contributed by atoms with Crippen molar-refractivity contribution in [2.24, 2.45) is 11.8 Å². The number of nitrogens with zero attached hydrogens (tertiary/aromatic N) is 6. The van der Waals surface area contributed by atoms with Gasteiger partial charge in [-0.05, 0) is 5.57 Å². The first-order valence-electron chi connectivity index (χ1n) is 12.3. The van der Waals surface area contributed by atoms with Gasteiger partial charge in [0, 0.05) is 23.0 Å². The number of halogens is 12. The highest BCUT2D eigenvalue weighted by Crippen LogP contribution is 2.63. The monoisotopic (exact) mass is 676 g/mol. The third-order valence-electron chi connectivity index (χ3n) is 7.46. The van der Waals surface area contributed by atoms with Gasteiger partial charge in [-0.15, -0.1) is 0 Å². The Morgan fingerprint density at radius 3 is 0.917 bits per heavy atom. The van der Waals surface area contributed by atoms with Gasteiger partial charge in [0.2, 0.25) is 0 Å². The lowest BCUT2D eigenvalue weighted by molar-refractivity contribution is 0.414. The van der Waals surface area contributed by atoms with Crippen molar-refractivity contribution in [2.45, 2.75) is 11.8 Å². The Kier molecular flexibility index (Phi) is 8.85. The summed E-state index contributed by atoms with van der Waals surface area (Å²) in [6.45, 7) is 0. The summed E-state index contributed by atoms with van der Waals surface area (Å²) < 4.78 is 178. The molecule has 0 amide bonds. The number of hydrogen-bond donors (Lipinski definition) is 0. The highest BCUT2D eigenvalue weighted by atomic mass is 19.2. The first-order chi connectivity index (χ1) is 22.6. The Morgan fingerprint density at radius 1 is 0.417 bits per heavy atom. The quantitative estimate of drug-likeness (QED) is 0.160. The third kappa shape index (κ3) is 4.71. The molecule has 3 aromatic rings. The second kappa shape index (κ2) is 12.4. The zero-order valence-corrected chi connectivity index (χ0v) is 22.5. The molecule has 0 saturated heterocycles. The van der Waals surface area contributed by atoms with E-state index in [4.69, 9.17) is 15.8 Å². The molecule has 238 valence electrons. The standard InChI is InChI=1S/C30H4F12N6/c31-19-10(4-46)20(32)26(38)16(25(19)37)7(1-43)13-14(8(2-44)17-27(39)21(33)11(5-47)22(34)28(17)40)15(13)9(3-45)18-29(41)23(35)12(6-48)24(36)30(18)42/h7-8,13-14H/b15-9-/t7?,8?,13?,14-/m0/s1. The highest BCUT2D eigenvalue weighted by Gasteiger charge is 2.59. The average Bonchev–Trinajstić information content (AvgIpc) is 3.78. The summed E-state index contributed by atoms with van der Waals surface area (Å²) in [5, 5.41) is 56.2. The molecule has 3 aromatic carbocycles. The van der Waals surface area contributed by atoms with Gasteiger partial charge >= 0.3 is 0 Å². The summed E-state index contributed by atoms with van der Waals surface area (Å²) in [6.07, 6.45) is 0. The second-order valence-corrected chi connectivity index (χ2v) is 9.64. The molecule has 0 N–H and O–H groups in total. The number of benzene rings is 3. The van der Waals surface area contributed by atoms with Crippen LogP contribution in [0.15, 0.2) is 5.57 Å². The van der Waals surface area contributed by atoms with E-state index in [0.29, 0.717) is 0 Å². The largest absolute Gasteiger partial charge is 0.203 e. The Hall–Kier alpha value is -6.50. The van der Waals surface area contributed by atoms with E-state index in [1.54, 1.807) is 0 Å². The summed E-state index contributed by atoms with van der Waals surface area (Å²) >= 11 is 0. The van der Waals surface area contributed by atoms with E-state index in [1.165, 1.54) is 0 Å². The molecular formula is C30H4F12N6. The normalized spacial score (nSPS) is 17.1. The van der Waals surface area contributed by atoms with E-state index in [0.717, 1.165) is 36.4 Å². The van der Waals surface area contributed by atoms with Crippen LogP contribution in [0.1, 0.15) is 45.2 Å². The Balaban J connectivity index is 2.17. The van der Waals surface area contributed by atoms with E-state index in [9.17, 15) is 42.1 Å². The number of rotatable bonds is 5. The van der Waals surface area contributed by atoms with Crippen molar-refractivity contribution in [3.8, 4) is 36.4 Å². The van der Waals surface area contributed by atoms with Crippen molar-refractivity contribution in [3.63, 3.8) is 0 Å². The van der Waals surface area contributed by atoms with Crippen LogP contribution in [0.5, 0.6) is 0 Å². The topological polar surface area (TPSA) is 143 Å². The summed E-state index contributed by atoms with van der Waals surface area (Å²) in [7, 11) is 0. The zero-order valence-electron chi connectivity index (χ0n) is 22.5. The molecule has 0 bridgehead atoms. The van der Waals surface area contributed by atoms with E-state index >= 15 is 26.3 Å². The molecule has 1 fully saturated rings. The minimum absolute atomic E-state index is 0.785. The molecule has 0 aromatic heterocycles. The summed E-state index contributed by atoms with van der Waals surface area (Å²) in [5.74, 6) is -39.6. The fourth-order valence-electron chi connectivity index (χ4n) is 5.31. The molecule has 0 aliphatic heterocycles. The van der Waals surface area contributed by atoms with Crippen LogP contribution in [-0.4, -0.2) is 0 Å². The fraction of sp³-hybridized carbons (Fsp3) is 0.133. The number of allylic oxidation sites excluding steroid dienone is 2. The fourth-order valence-corrected chi connectivity index (χ4v) is 5.31. The van der Waals surface area contributed by atoms with Crippen LogP contribution >= 0.6 is 0 Å². The predicted octanol–water partition coefficient (Wildman–Crippen LogP) is 7.11. The second-order valence-electron chi connectivity index (χ2n) is 9.64. The van der Waals surface area contributed by atoms with Gasteiger partial charge in [0.25, 0.3) is 0 Å². The maximum Gasteiger partial charge on any atom is 0.180 e. The molecular weight excluding hydrogens is 672 g/mol. The van der Waals surface area contributed by atoms with Crippen molar-refractivity contribution >= 4 is 5.57 Å². The van der Waals surface area contributed by atoms with Gasteiger partial charge in [-0.3, -0.25) is 0 Å². The van der Waals surface area contributed by atoms with Crippen LogP contribution in [0.25, 0.3) is 5.57 Å². The van der Waals surface area contributed by atoms with Gasteiger partial charge in [-0.25, -0.2) is 52.7 Å². The molecule has 1 aliphatic carbocycles. The lowest BCUT2D eigenvalue weighted by atomic mass is 9.86. The SMILES string of the molecule is N#C/C(=C1\C(C(C#N)c2c(F)c(F)c(C#N)c(F)c2F)[C@@H]1C(C#N)c1c(F)c(F)c(C#N)c(F)c1F)c1c(F)c(F)c(C#N)c(F)c1F. The number of nitriles is 6. The summed E-state index contributed by atoms with van der Waals surface area (Å²) in [6, 6.07) is 5.61. The van der Waals surface area contributed by atoms with Crippen LogP contribution in [0, 0.1) is 150 Å². The van der Waals surface area contributed by atoms with Crippen LogP contribution in [-0.2, 0) is 0 Å². The predicted molar refractivity (Wildman–Crippen MR) is 129 cm³/mol. The van der Waals surface area contributed by atoms with Crippen LogP contribution < -0.4 is 0 Å². The van der Waals surface area contributed by atoms with Crippen molar-refractivity contribution < 1.29 is 52.7 Å². The van der Waals surface area contributed by atoms with Crippen LogP contribution in [0.3, 0.4) is 0 Å². The van der Waals surface area contributed by atoms with Gasteiger partial charge in [0.15, 0.2) is 69.8 Å². The molecule has 0 spiro atoms. The molecule has 18 heteroatoms. The van der Waals surface area contributed by atoms with Crippen LogP contribution in [0.2, 0.25) is 0 Å². The summed E-state index contributed by atoms with van der Waals surface area (Å²) in [5.41, 5.74) is -14.2. The van der Waals surface area contributed by atoms with Gasteiger partial charge in [-0.1, -0.05) is 0 Å². The number of hydrogen-bond acceptors (Lipinski definition) is 6. The van der Waals surface area contributed by atoms with Gasteiger partial charge in [0.1, 0.15) is 34.9 Å². The minimum atomic E-state index is -2.78. The first-order valence-corrected chi connectivity index (χ1v) is 12.3. The van der Waals surface area contributed by atoms with E-state index < -0.39 is 138 Å². The van der Waals surface area contributed by atoms with E-state index in [2.05, 4.69) is 0 Å². The van der Waals surface area contributed by atoms with E-state index in [-0.39, 0.29) is 0 Å². The molecule has 4 atom stereocenters. The lowest BCUT2D eigenvalue weighted by Gasteiger charge is -2.16. The van der Waals surface area contributed by atoms with Crippen molar-refractivity contribution in [2.75, 3.05) is 0 Å². The lowest BCUT2D eigenvalue weighted by Crippen LogP contribution is -2.15. The molecule has 3 unspecified atom stereocenters. The molecule has 0 radical (unpaired) electrons. The van der Waals surface area contributed by atoms with Crippen LogP contribution in [0.4, 0.5) is 52.7 Å². The zero-order chi connectivity index (χ0) is 36.1. The molecule has 48 heavy (non-hydrogen) atoms. The molecule has 1 aliphatic rings. The molecule has 4 rings (SSSR count). The van der Waals surface area contributed by atoms with Crippen molar-refractivity contribution in [1.29, 1.82) is 31.6 Å².